The van der Waals surface area contributed by atoms with Crippen molar-refractivity contribution in [2.75, 3.05) is 55.7 Å². The van der Waals surface area contributed by atoms with E-state index in [1.54, 1.807) is 0 Å². The third-order valence-corrected chi connectivity index (χ3v) is 7.07. The zero-order chi connectivity index (χ0) is 27.5. The predicted molar refractivity (Wildman–Crippen MR) is 142 cm³/mol. The smallest absolute Gasteiger partial charge is 0.433 e. The van der Waals surface area contributed by atoms with Crippen molar-refractivity contribution < 1.29 is 22.7 Å². The van der Waals surface area contributed by atoms with Crippen LogP contribution in [0.15, 0.2) is 24.3 Å². The Bertz CT molecular complexity index is 1090. The lowest BCUT2D eigenvalue weighted by atomic mass is 9.95. The van der Waals surface area contributed by atoms with E-state index in [-0.39, 0.29) is 11.7 Å². The van der Waals surface area contributed by atoms with E-state index < -0.39 is 17.3 Å². The molecule has 1 saturated heterocycles. The molecule has 38 heavy (non-hydrogen) atoms. The maximum absolute atomic E-state index is 13.5. The van der Waals surface area contributed by atoms with Crippen LogP contribution in [0.4, 0.5) is 24.7 Å². The number of aromatic nitrogens is 2. The fourth-order valence-electron chi connectivity index (χ4n) is 4.98. The molecule has 3 heterocycles. The summed E-state index contributed by atoms with van der Waals surface area (Å²) in [7, 11) is 0. The van der Waals surface area contributed by atoms with Crippen molar-refractivity contribution in [1.29, 1.82) is 0 Å². The molecule has 0 radical (unpaired) electrons. The van der Waals surface area contributed by atoms with Crippen LogP contribution in [0.3, 0.4) is 0 Å². The minimum absolute atomic E-state index is 0.150. The number of fused-ring (bicyclic) bond motifs is 1. The van der Waals surface area contributed by atoms with Crippen LogP contribution in [0.5, 0.6) is 5.75 Å². The number of ether oxygens (including phenoxy) is 1. The maximum Gasteiger partial charge on any atom is 0.433 e. The summed E-state index contributed by atoms with van der Waals surface area (Å²) in [6.45, 7) is 12.3. The first kappa shape index (κ1) is 28.1. The average Bonchev–Trinajstić information content (AvgIpc) is 2.87. The largest absolute Gasteiger partial charge is 0.494 e. The highest BCUT2D eigenvalue weighted by Crippen LogP contribution is 2.35. The number of halogens is 3. The van der Waals surface area contributed by atoms with E-state index in [0.717, 1.165) is 55.5 Å². The standard InChI is InChI=1S/C28H38F3N5O2/c1-5-38-22-10-8-9-21-20(22)11-12-25(37)36(21)14-7-6-13-34-15-17-35(18-16-34)24-19-23(28(29,30)31)32-26(33-24)27(2,3)4/h8-10,19H,5-7,11-18H2,1-4H3. The van der Waals surface area contributed by atoms with Crippen LogP contribution in [0.2, 0.25) is 0 Å². The first-order chi connectivity index (χ1) is 18.0. The molecular weight excluding hydrogens is 495 g/mol. The molecule has 7 nitrogen and oxygen atoms in total. The maximum atomic E-state index is 13.5. The summed E-state index contributed by atoms with van der Waals surface area (Å²) < 4.78 is 46.2. The molecule has 0 atom stereocenters. The summed E-state index contributed by atoms with van der Waals surface area (Å²) >= 11 is 0. The van der Waals surface area contributed by atoms with E-state index in [1.807, 2.05) is 55.7 Å². The van der Waals surface area contributed by atoms with Crippen LogP contribution < -0.4 is 14.5 Å². The Morgan fingerprint density at radius 3 is 2.34 bits per heavy atom. The average molecular weight is 534 g/mol. The number of benzene rings is 1. The van der Waals surface area contributed by atoms with E-state index in [1.165, 1.54) is 0 Å². The molecule has 0 bridgehead atoms. The number of alkyl halides is 3. The normalized spacial score (nSPS) is 17.1. The molecule has 1 fully saturated rings. The summed E-state index contributed by atoms with van der Waals surface area (Å²) in [5, 5.41) is 0. The molecule has 0 unspecified atom stereocenters. The zero-order valence-corrected chi connectivity index (χ0v) is 22.8. The third kappa shape index (κ3) is 6.57. The number of nitrogens with zero attached hydrogens (tertiary/aromatic N) is 5. The van der Waals surface area contributed by atoms with Crippen molar-refractivity contribution in [2.24, 2.45) is 0 Å². The van der Waals surface area contributed by atoms with E-state index in [9.17, 15) is 18.0 Å². The molecule has 0 aliphatic carbocycles. The number of carbonyl (C=O) groups excluding carboxylic acids is 1. The minimum atomic E-state index is -4.51. The molecule has 1 aromatic heterocycles. The van der Waals surface area contributed by atoms with Crippen molar-refractivity contribution in [3.63, 3.8) is 0 Å². The van der Waals surface area contributed by atoms with Crippen LogP contribution in [0, 0.1) is 0 Å². The highest BCUT2D eigenvalue weighted by molar-refractivity contribution is 5.96. The lowest BCUT2D eigenvalue weighted by Crippen LogP contribution is -2.47. The van der Waals surface area contributed by atoms with Crippen molar-refractivity contribution >= 4 is 17.4 Å². The second-order valence-corrected chi connectivity index (χ2v) is 11.0. The summed E-state index contributed by atoms with van der Waals surface area (Å²) in [5.41, 5.74) is 0.590. The van der Waals surface area contributed by atoms with Crippen molar-refractivity contribution in [3.05, 3.63) is 41.3 Å². The van der Waals surface area contributed by atoms with Crippen LogP contribution in [0.25, 0.3) is 0 Å². The monoisotopic (exact) mass is 533 g/mol. The topological polar surface area (TPSA) is 61.8 Å². The molecule has 0 spiro atoms. The van der Waals surface area contributed by atoms with Gasteiger partial charge in [0, 0.05) is 56.2 Å². The molecule has 0 saturated carbocycles. The quantitative estimate of drug-likeness (QED) is 0.442. The van der Waals surface area contributed by atoms with E-state index in [4.69, 9.17) is 4.74 Å². The Labute approximate surface area is 223 Å². The molecule has 2 aliphatic rings. The molecule has 4 rings (SSSR count). The fraction of sp³-hybridized carbons (Fsp3) is 0.607. The number of anilines is 2. The Morgan fingerprint density at radius 2 is 1.68 bits per heavy atom. The number of amides is 1. The molecule has 2 aliphatic heterocycles. The number of rotatable bonds is 8. The van der Waals surface area contributed by atoms with Crippen LogP contribution in [0.1, 0.15) is 64.0 Å². The second-order valence-electron chi connectivity index (χ2n) is 11.0. The first-order valence-corrected chi connectivity index (χ1v) is 13.5. The van der Waals surface area contributed by atoms with Gasteiger partial charge >= 0.3 is 6.18 Å². The number of hydrogen-bond donors (Lipinski definition) is 0. The van der Waals surface area contributed by atoms with Gasteiger partial charge in [-0.1, -0.05) is 26.8 Å². The van der Waals surface area contributed by atoms with E-state index in [0.29, 0.717) is 44.9 Å². The summed E-state index contributed by atoms with van der Waals surface area (Å²) in [6.07, 6.45) is -1.50. The number of hydrogen-bond acceptors (Lipinski definition) is 6. The number of carbonyl (C=O) groups is 1. The van der Waals surface area contributed by atoms with Gasteiger partial charge in [-0.05, 0) is 44.9 Å². The van der Waals surface area contributed by atoms with Gasteiger partial charge in [-0.15, -0.1) is 0 Å². The Hall–Kier alpha value is -2.88. The molecule has 0 N–H and O–H groups in total. The Kier molecular flexibility index (Phi) is 8.49. The predicted octanol–water partition coefficient (Wildman–Crippen LogP) is 5.07. The lowest BCUT2D eigenvalue weighted by molar-refractivity contribution is -0.141. The second kappa shape index (κ2) is 11.5. The van der Waals surface area contributed by atoms with Gasteiger partial charge in [-0.25, -0.2) is 9.97 Å². The molecule has 208 valence electrons. The first-order valence-electron chi connectivity index (χ1n) is 13.5. The van der Waals surface area contributed by atoms with E-state index >= 15 is 0 Å². The highest BCUT2D eigenvalue weighted by atomic mass is 19.4. The number of unbranched alkanes of at least 4 members (excludes halogenated alkanes) is 1. The summed E-state index contributed by atoms with van der Waals surface area (Å²) in [4.78, 5) is 27.1. The van der Waals surface area contributed by atoms with Gasteiger partial charge in [-0.3, -0.25) is 9.69 Å². The number of piperazine rings is 1. The molecule has 1 amide bonds. The third-order valence-electron chi connectivity index (χ3n) is 7.07. The van der Waals surface area contributed by atoms with E-state index in [2.05, 4.69) is 14.9 Å². The highest BCUT2D eigenvalue weighted by Gasteiger charge is 2.36. The van der Waals surface area contributed by atoms with Crippen molar-refractivity contribution in [1.82, 2.24) is 14.9 Å². The van der Waals surface area contributed by atoms with Gasteiger partial charge in [-0.2, -0.15) is 13.2 Å². The summed E-state index contributed by atoms with van der Waals surface area (Å²) in [5.74, 6) is 1.55. The summed E-state index contributed by atoms with van der Waals surface area (Å²) in [6, 6.07) is 6.96. The van der Waals surface area contributed by atoms with Gasteiger partial charge in [0.05, 0.1) is 12.3 Å². The Morgan fingerprint density at radius 1 is 0.974 bits per heavy atom. The Balaban J connectivity index is 1.30. The molecular formula is C28H38F3N5O2. The van der Waals surface area contributed by atoms with Crippen LogP contribution >= 0.6 is 0 Å². The minimum Gasteiger partial charge on any atom is -0.494 e. The van der Waals surface area contributed by atoms with Gasteiger partial charge < -0.3 is 14.5 Å². The van der Waals surface area contributed by atoms with Gasteiger partial charge in [0.1, 0.15) is 23.1 Å². The van der Waals surface area contributed by atoms with Gasteiger partial charge in [0.2, 0.25) is 5.91 Å². The fourth-order valence-corrected chi connectivity index (χ4v) is 4.98. The van der Waals surface area contributed by atoms with Gasteiger partial charge in [0.25, 0.3) is 0 Å². The van der Waals surface area contributed by atoms with Gasteiger partial charge in [0.15, 0.2) is 0 Å². The molecule has 10 heteroatoms. The zero-order valence-electron chi connectivity index (χ0n) is 22.8. The molecule has 2 aromatic rings. The lowest BCUT2D eigenvalue weighted by Gasteiger charge is -2.36. The van der Waals surface area contributed by atoms with Crippen LogP contribution in [-0.2, 0) is 22.8 Å². The van der Waals surface area contributed by atoms with Crippen molar-refractivity contribution in [2.45, 2.75) is 65.0 Å². The van der Waals surface area contributed by atoms with Crippen LogP contribution in [-0.4, -0.2) is 66.7 Å². The SMILES string of the molecule is CCOc1cccc2c1CCC(=O)N2CCCCN1CCN(c2cc(C(F)(F)F)nc(C(C)(C)C)n2)CC1. The molecule has 1 aromatic carbocycles. The van der Waals surface area contributed by atoms with Crippen molar-refractivity contribution in [3.8, 4) is 5.75 Å².